The Morgan fingerprint density at radius 2 is 2.04 bits per heavy atom. The van der Waals surface area contributed by atoms with Gasteiger partial charge in [0.2, 0.25) is 0 Å². The second-order valence-electron chi connectivity index (χ2n) is 6.68. The molecule has 0 bridgehead atoms. The average molecular weight is 351 g/mol. The maximum absolute atomic E-state index is 12.8. The highest BCUT2D eigenvalue weighted by molar-refractivity contribution is 6.08. The van der Waals surface area contributed by atoms with Crippen LogP contribution in [0.4, 0.5) is 5.69 Å². The number of aromatic amines is 1. The number of benzene rings is 1. The summed E-state index contributed by atoms with van der Waals surface area (Å²) < 4.78 is 1.28. The Morgan fingerprint density at radius 3 is 2.85 bits per heavy atom. The third-order valence-corrected chi connectivity index (χ3v) is 4.73. The lowest BCUT2D eigenvalue weighted by molar-refractivity contribution is 0.102. The zero-order chi connectivity index (χ0) is 18.1. The number of amides is 1. The Balaban J connectivity index is 1.62. The summed E-state index contributed by atoms with van der Waals surface area (Å²) >= 11 is 0. The molecule has 3 heterocycles. The highest BCUT2D eigenvalue weighted by Gasteiger charge is 2.18. The lowest BCUT2D eigenvalue weighted by Crippen LogP contribution is -2.21. The van der Waals surface area contributed by atoms with Gasteiger partial charge in [-0.1, -0.05) is 18.2 Å². The van der Waals surface area contributed by atoms with Gasteiger partial charge < -0.3 is 5.32 Å². The minimum atomic E-state index is -0.282. The number of aryl methyl sites for hydroxylation is 1. The standard InChI is InChI=1S/C19H21N5O2/c1-13-10-17(25)24-18(21-13)15(11-20-24)19(26)22-16-7-3-2-6-14(16)12-23-8-4-5-9-23/h2-3,6-7,10-11,20H,4-5,8-9,12H2,1H3,(H,22,26). The molecule has 3 aromatic rings. The molecule has 1 fully saturated rings. The Labute approximate surface area is 150 Å². The third kappa shape index (κ3) is 3.13. The number of hydrogen-bond acceptors (Lipinski definition) is 4. The van der Waals surface area contributed by atoms with Crippen LogP contribution >= 0.6 is 0 Å². The number of nitrogens with zero attached hydrogens (tertiary/aromatic N) is 3. The summed E-state index contributed by atoms with van der Waals surface area (Å²) in [6.45, 7) is 4.75. The summed E-state index contributed by atoms with van der Waals surface area (Å²) in [5.74, 6) is -0.282. The minimum absolute atomic E-state index is 0.235. The van der Waals surface area contributed by atoms with Crippen LogP contribution in [0.15, 0.2) is 41.3 Å². The number of para-hydroxylation sites is 1. The van der Waals surface area contributed by atoms with Crippen LogP contribution in [-0.2, 0) is 6.54 Å². The molecular weight excluding hydrogens is 330 g/mol. The van der Waals surface area contributed by atoms with Gasteiger partial charge in [0.1, 0.15) is 5.56 Å². The van der Waals surface area contributed by atoms with Crippen molar-refractivity contribution < 1.29 is 4.79 Å². The van der Waals surface area contributed by atoms with Crippen molar-refractivity contribution in [2.24, 2.45) is 0 Å². The first kappa shape index (κ1) is 16.5. The number of hydrogen-bond donors (Lipinski definition) is 2. The Kier molecular flexibility index (Phi) is 4.30. The number of carbonyl (C=O) groups is 1. The molecule has 0 aliphatic carbocycles. The normalized spacial score (nSPS) is 14.8. The van der Waals surface area contributed by atoms with E-state index in [9.17, 15) is 9.59 Å². The quantitative estimate of drug-likeness (QED) is 0.755. The molecule has 0 atom stereocenters. The number of carbonyl (C=O) groups excluding carboxylic acids is 1. The summed E-state index contributed by atoms with van der Waals surface area (Å²) in [6.07, 6.45) is 3.97. The van der Waals surface area contributed by atoms with Gasteiger partial charge in [-0.15, -0.1) is 0 Å². The van der Waals surface area contributed by atoms with E-state index < -0.39 is 0 Å². The van der Waals surface area contributed by atoms with Crippen molar-refractivity contribution >= 4 is 17.2 Å². The van der Waals surface area contributed by atoms with Crippen LogP contribution in [-0.4, -0.2) is 38.5 Å². The molecule has 1 aliphatic heterocycles. The fourth-order valence-electron chi connectivity index (χ4n) is 3.41. The largest absolute Gasteiger partial charge is 0.322 e. The monoisotopic (exact) mass is 351 g/mol. The molecule has 2 N–H and O–H groups in total. The summed E-state index contributed by atoms with van der Waals surface area (Å²) in [4.78, 5) is 31.5. The van der Waals surface area contributed by atoms with Crippen LogP contribution in [0.5, 0.6) is 0 Å². The van der Waals surface area contributed by atoms with E-state index >= 15 is 0 Å². The van der Waals surface area contributed by atoms with Gasteiger partial charge >= 0.3 is 0 Å². The Hall–Kier alpha value is -2.93. The van der Waals surface area contributed by atoms with Crippen LogP contribution < -0.4 is 10.9 Å². The molecule has 134 valence electrons. The smallest absolute Gasteiger partial charge is 0.272 e. The predicted octanol–water partition coefficient (Wildman–Crippen LogP) is 2.18. The summed E-state index contributed by atoms with van der Waals surface area (Å²) in [5.41, 5.74) is 2.91. The molecule has 7 nitrogen and oxygen atoms in total. The van der Waals surface area contributed by atoms with Gasteiger partial charge in [0.25, 0.3) is 11.5 Å². The van der Waals surface area contributed by atoms with E-state index in [4.69, 9.17) is 0 Å². The van der Waals surface area contributed by atoms with E-state index in [1.165, 1.54) is 29.6 Å². The van der Waals surface area contributed by atoms with Gasteiger partial charge in [0, 0.05) is 30.2 Å². The van der Waals surface area contributed by atoms with Gasteiger partial charge in [-0.25, -0.2) is 9.50 Å². The number of anilines is 1. The summed E-state index contributed by atoms with van der Waals surface area (Å²) in [5, 5.41) is 5.77. The predicted molar refractivity (Wildman–Crippen MR) is 99.5 cm³/mol. The van der Waals surface area contributed by atoms with Crippen molar-refractivity contribution in [2.75, 3.05) is 18.4 Å². The van der Waals surface area contributed by atoms with E-state index in [2.05, 4.69) is 20.3 Å². The topological polar surface area (TPSA) is 82.5 Å². The van der Waals surface area contributed by atoms with Gasteiger partial charge in [-0.3, -0.25) is 19.6 Å². The SMILES string of the molecule is Cc1cc(=O)n2[nH]cc(C(=O)Nc3ccccc3CN3CCCC3)c2n1. The third-order valence-electron chi connectivity index (χ3n) is 4.73. The lowest BCUT2D eigenvalue weighted by atomic mass is 10.1. The van der Waals surface area contributed by atoms with Crippen molar-refractivity contribution in [3.8, 4) is 0 Å². The van der Waals surface area contributed by atoms with Gasteiger partial charge in [0.15, 0.2) is 5.65 Å². The minimum Gasteiger partial charge on any atom is -0.322 e. The first-order valence-corrected chi connectivity index (χ1v) is 8.81. The van der Waals surface area contributed by atoms with E-state index in [0.29, 0.717) is 16.9 Å². The van der Waals surface area contributed by atoms with Crippen molar-refractivity contribution in [3.63, 3.8) is 0 Å². The first-order valence-electron chi connectivity index (χ1n) is 8.81. The molecule has 2 aromatic heterocycles. The molecule has 0 unspecified atom stereocenters. The van der Waals surface area contributed by atoms with Crippen molar-refractivity contribution in [3.05, 3.63) is 63.7 Å². The first-order chi connectivity index (χ1) is 12.6. The average Bonchev–Trinajstić information content (AvgIpc) is 3.26. The van der Waals surface area contributed by atoms with E-state index in [1.54, 1.807) is 6.92 Å². The second kappa shape index (κ2) is 6.76. The zero-order valence-electron chi connectivity index (χ0n) is 14.7. The maximum Gasteiger partial charge on any atom is 0.272 e. The number of H-pyrrole nitrogens is 1. The second-order valence-corrected chi connectivity index (χ2v) is 6.68. The van der Waals surface area contributed by atoms with Gasteiger partial charge in [-0.05, 0) is 44.5 Å². The number of rotatable bonds is 4. The molecule has 0 radical (unpaired) electrons. The van der Waals surface area contributed by atoms with E-state index in [0.717, 1.165) is 30.9 Å². The number of nitrogens with one attached hydrogen (secondary N) is 2. The maximum atomic E-state index is 12.8. The molecule has 1 aromatic carbocycles. The van der Waals surface area contributed by atoms with Gasteiger partial charge in [0.05, 0.1) is 0 Å². The lowest BCUT2D eigenvalue weighted by Gasteiger charge is -2.17. The fraction of sp³-hybridized carbons (Fsp3) is 0.316. The molecular formula is C19H21N5O2. The molecule has 1 saturated heterocycles. The van der Waals surface area contributed by atoms with Crippen LogP contribution in [0.1, 0.15) is 34.5 Å². The van der Waals surface area contributed by atoms with Gasteiger partial charge in [-0.2, -0.15) is 0 Å². The Bertz CT molecular complexity index is 1010. The number of aromatic nitrogens is 3. The molecule has 4 rings (SSSR count). The van der Waals surface area contributed by atoms with E-state index in [1.807, 2.05) is 24.3 Å². The molecule has 0 spiro atoms. The molecule has 0 saturated carbocycles. The van der Waals surface area contributed by atoms with Crippen molar-refractivity contribution in [2.45, 2.75) is 26.3 Å². The van der Waals surface area contributed by atoms with Crippen LogP contribution in [0, 0.1) is 6.92 Å². The molecule has 1 amide bonds. The van der Waals surface area contributed by atoms with Crippen molar-refractivity contribution in [1.82, 2.24) is 19.5 Å². The zero-order valence-corrected chi connectivity index (χ0v) is 14.7. The summed E-state index contributed by atoms with van der Waals surface area (Å²) in [7, 11) is 0. The molecule has 7 heteroatoms. The number of fused-ring (bicyclic) bond motifs is 1. The highest BCUT2D eigenvalue weighted by Crippen LogP contribution is 2.21. The summed E-state index contributed by atoms with van der Waals surface area (Å²) in [6, 6.07) is 9.26. The molecule has 1 aliphatic rings. The van der Waals surface area contributed by atoms with Crippen LogP contribution in [0.25, 0.3) is 5.65 Å². The molecule has 26 heavy (non-hydrogen) atoms. The fourth-order valence-corrected chi connectivity index (χ4v) is 3.41. The van der Waals surface area contributed by atoms with Crippen molar-refractivity contribution in [1.29, 1.82) is 0 Å². The van der Waals surface area contributed by atoms with E-state index in [-0.39, 0.29) is 11.5 Å². The number of likely N-dealkylation sites (tertiary alicyclic amines) is 1. The van der Waals surface area contributed by atoms with Crippen LogP contribution in [0.2, 0.25) is 0 Å². The Morgan fingerprint density at radius 1 is 1.27 bits per heavy atom. The highest BCUT2D eigenvalue weighted by atomic mass is 16.2. The van der Waals surface area contributed by atoms with Crippen LogP contribution in [0.3, 0.4) is 0 Å².